The Balaban J connectivity index is 1.28. The van der Waals surface area contributed by atoms with Crippen molar-refractivity contribution in [2.45, 2.75) is 69.8 Å². The number of ether oxygens (including phenoxy) is 1. The summed E-state index contributed by atoms with van der Waals surface area (Å²) in [5, 5.41) is 24.5. The van der Waals surface area contributed by atoms with E-state index < -0.39 is 29.4 Å². The lowest BCUT2D eigenvalue weighted by atomic mass is 9.81. The molecule has 1 fully saturated rings. The lowest BCUT2D eigenvalue weighted by Crippen LogP contribution is -2.50. The standard InChI is InChI=1S/C25H29F3N4O3S/c1-16-10-24(22-18(5-9-35-24)19(15-33)23(36-22)25(26,27)28)6-8-31(16)12-17-11-30-32(13-17)14-21(34)20-4-2-3-7-29-20/h2-4,7,11,13,16,21,33-34H,5-6,8-10,12,14-15H2,1H3/t16-,21?,24+/m0/s1. The average Bonchev–Trinajstić information content (AvgIpc) is 3.46. The SMILES string of the molecule is C[C@H]1C[C@@]2(CCN1Cc1cnn(CC(O)c3ccccn3)c1)OCCc1c2sc(C(F)(F)F)c1CO. The third kappa shape index (κ3) is 4.82. The molecule has 0 aromatic carbocycles. The van der Waals surface area contributed by atoms with Crippen LogP contribution in [0.2, 0.25) is 0 Å². The van der Waals surface area contributed by atoms with Crippen LogP contribution in [0.1, 0.15) is 58.0 Å². The van der Waals surface area contributed by atoms with Gasteiger partial charge in [-0.25, -0.2) is 0 Å². The fourth-order valence-electron chi connectivity index (χ4n) is 5.43. The summed E-state index contributed by atoms with van der Waals surface area (Å²) in [4.78, 5) is 6.40. The molecule has 1 unspecified atom stereocenters. The van der Waals surface area contributed by atoms with Crippen LogP contribution in [0.25, 0.3) is 0 Å². The topological polar surface area (TPSA) is 83.6 Å². The minimum atomic E-state index is -4.49. The van der Waals surface area contributed by atoms with E-state index in [9.17, 15) is 23.4 Å². The van der Waals surface area contributed by atoms with E-state index in [0.29, 0.717) is 61.6 Å². The molecule has 2 aliphatic rings. The molecule has 0 amide bonds. The predicted octanol–water partition coefficient (Wildman–Crippen LogP) is 4.04. The fraction of sp³-hybridized carbons (Fsp3) is 0.520. The highest BCUT2D eigenvalue weighted by molar-refractivity contribution is 7.12. The number of fused-ring (bicyclic) bond motifs is 2. The maximum absolute atomic E-state index is 13.7. The molecule has 7 nitrogen and oxygen atoms in total. The van der Waals surface area contributed by atoms with E-state index in [1.807, 2.05) is 12.3 Å². The number of likely N-dealkylation sites (tertiary alicyclic amines) is 1. The summed E-state index contributed by atoms with van der Waals surface area (Å²) in [6.45, 7) is 3.40. The van der Waals surface area contributed by atoms with Gasteiger partial charge in [-0.15, -0.1) is 11.3 Å². The number of thiophene rings is 1. The van der Waals surface area contributed by atoms with E-state index in [2.05, 4.69) is 21.9 Å². The zero-order valence-electron chi connectivity index (χ0n) is 19.9. The molecule has 3 aromatic rings. The molecule has 0 radical (unpaired) electrons. The number of halogens is 3. The molecule has 11 heteroatoms. The Morgan fingerprint density at radius 1 is 1.33 bits per heavy atom. The highest BCUT2D eigenvalue weighted by Crippen LogP contribution is 2.51. The second kappa shape index (κ2) is 9.86. The number of hydrogen-bond acceptors (Lipinski definition) is 7. The monoisotopic (exact) mass is 522 g/mol. The second-order valence-corrected chi connectivity index (χ2v) is 10.6. The zero-order valence-corrected chi connectivity index (χ0v) is 20.7. The van der Waals surface area contributed by atoms with Crippen molar-refractivity contribution in [2.24, 2.45) is 0 Å². The summed E-state index contributed by atoms with van der Waals surface area (Å²) >= 11 is 0.743. The van der Waals surface area contributed by atoms with Gasteiger partial charge in [-0.2, -0.15) is 18.3 Å². The molecule has 2 aliphatic heterocycles. The normalized spacial score (nSPS) is 23.7. The van der Waals surface area contributed by atoms with E-state index in [1.165, 1.54) is 0 Å². The van der Waals surface area contributed by atoms with Gasteiger partial charge in [0.15, 0.2) is 0 Å². The third-order valence-corrected chi connectivity index (χ3v) is 8.69. The molecular formula is C25H29F3N4O3S. The van der Waals surface area contributed by atoms with Crippen molar-refractivity contribution in [3.8, 4) is 0 Å². The molecule has 3 aromatic heterocycles. The van der Waals surface area contributed by atoms with Gasteiger partial charge in [0, 0.05) is 47.5 Å². The van der Waals surface area contributed by atoms with Crippen LogP contribution in [0.3, 0.4) is 0 Å². The van der Waals surface area contributed by atoms with Crippen molar-refractivity contribution in [1.29, 1.82) is 0 Å². The lowest BCUT2D eigenvalue weighted by Gasteiger charge is -2.47. The largest absolute Gasteiger partial charge is 0.425 e. The van der Waals surface area contributed by atoms with Crippen LogP contribution < -0.4 is 0 Å². The Labute approximate surface area is 211 Å². The first-order valence-corrected chi connectivity index (χ1v) is 12.8. The van der Waals surface area contributed by atoms with Crippen LogP contribution in [0.15, 0.2) is 36.8 Å². The fourth-order valence-corrected chi connectivity index (χ4v) is 6.84. The number of piperidine rings is 1. The number of aliphatic hydroxyl groups excluding tert-OH is 2. The molecule has 3 atom stereocenters. The van der Waals surface area contributed by atoms with Crippen molar-refractivity contribution in [3.05, 3.63) is 68.9 Å². The molecule has 194 valence electrons. The van der Waals surface area contributed by atoms with Gasteiger partial charge in [-0.3, -0.25) is 14.6 Å². The highest BCUT2D eigenvalue weighted by atomic mass is 32.1. The smallest absolute Gasteiger partial charge is 0.392 e. The van der Waals surface area contributed by atoms with Crippen molar-refractivity contribution in [3.63, 3.8) is 0 Å². The molecular weight excluding hydrogens is 493 g/mol. The molecule has 1 spiro atoms. The predicted molar refractivity (Wildman–Crippen MR) is 127 cm³/mol. The average molecular weight is 523 g/mol. The highest BCUT2D eigenvalue weighted by Gasteiger charge is 2.48. The molecule has 0 bridgehead atoms. The minimum Gasteiger partial charge on any atom is -0.392 e. The minimum absolute atomic E-state index is 0.0144. The van der Waals surface area contributed by atoms with Crippen LogP contribution >= 0.6 is 11.3 Å². The van der Waals surface area contributed by atoms with Crippen LogP contribution in [-0.4, -0.2) is 49.1 Å². The maximum atomic E-state index is 13.7. The molecule has 5 heterocycles. The van der Waals surface area contributed by atoms with E-state index in [-0.39, 0.29) is 11.6 Å². The molecule has 1 saturated heterocycles. The number of alkyl halides is 3. The number of hydrogen-bond donors (Lipinski definition) is 2. The Kier molecular flexibility index (Phi) is 6.94. The number of aromatic nitrogens is 3. The first-order chi connectivity index (χ1) is 17.2. The summed E-state index contributed by atoms with van der Waals surface area (Å²) in [5.74, 6) is 0. The van der Waals surface area contributed by atoms with Gasteiger partial charge in [0.05, 0.1) is 31.6 Å². The number of nitrogens with zero attached hydrogens (tertiary/aromatic N) is 4. The van der Waals surface area contributed by atoms with Crippen LogP contribution in [0, 0.1) is 0 Å². The summed E-state index contributed by atoms with van der Waals surface area (Å²) in [6, 6.07) is 5.47. The first-order valence-electron chi connectivity index (χ1n) is 12.0. The van der Waals surface area contributed by atoms with Gasteiger partial charge in [0.1, 0.15) is 16.6 Å². The Bertz CT molecular complexity index is 1200. The van der Waals surface area contributed by atoms with E-state index in [1.54, 1.807) is 29.2 Å². The van der Waals surface area contributed by atoms with Gasteiger partial charge in [0.25, 0.3) is 0 Å². The van der Waals surface area contributed by atoms with E-state index >= 15 is 0 Å². The first kappa shape index (κ1) is 25.3. The van der Waals surface area contributed by atoms with Gasteiger partial charge >= 0.3 is 6.18 Å². The molecule has 0 aliphatic carbocycles. The van der Waals surface area contributed by atoms with Gasteiger partial charge in [-0.1, -0.05) is 6.07 Å². The number of pyridine rings is 1. The summed E-state index contributed by atoms with van der Waals surface area (Å²) in [5.41, 5.74) is 1.46. The lowest BCUT2D eigenvalue weighted by molar-refractivity contribution is -0.135. The molecule has 2 N–H and O–H groups in total. The van der Waals surface area contributed by atoms with Crippen LogP contribution in [0.4, 0.5) is 13.2 Å². The third-order valence-electron chi connectivity index (χ3n) is 7.19. The van der Waals surface area contributed by atoms with Crippen LogP contribution in [-0.2, 0) is 42.6 Å². The Morgan fingerprint density at radius 2 is 2.17 bits per heavy atom. The maximum Gasteiger partial charge on any atom is 0.425 e. The quantitative estimate of drug-likeness (QED) is 0.509. The van der Waals surface area contributed by atoms with Gasteiger partial charge < -0.3 is 14.9 Å². The number of rotatable bonds is 6. The van der Waals surface area contributed by atoms with Gasteiger partial charge in [0.2, 0.25) is 0 Å². The van der Waals surface area contributed by atoms with E-state index in [0.717, 1.165) is 16.9 Å². The number of aliphatic hydroxyl groups is 2. The van der Waals surface area contributed by atoms with Crippen LogP contribution in [0.5, 0.6) is 0 Å². The summed E-state index contributed by atoms with van der Waals surface area (Å²) in [7, 11) is 0. The summed E-state index contributed by atoms with van der Waals surface area (Å²) in [6.07, 6.45) is 1.62. The Hall–Kier alpha value is -2.31. The van der Waals surface area contributed by atoms with Crippen molar-refractivity contribution >= 4 is 11.3 Å². The summed E-state index contributed by atoms with van der Waals surface area (Å²) < 4.78 is 48.9. The molecule has 5 rings (SSSR count). The molecule has 36 heavy (non-hydrogen) atoms. The zero-order chi connectivity index (χ0) is 25.5. The van der Waals surface area contributed by atoms with Crippen molar-refractivity contribution in [2.75, 3.05) is 13.2 Å². The second-order valence-electron chi connectivity index (χ2n) is 9.58. The molecule has 0 saturated carbocycles. The van der Waals surface area contributed by atoms with E-state index in [4.69, 9.17) is 4.74 Å². The van der Waals surface area contributed by atoms with Crippen molar-refractivity contribution in [1.82, 2.24) is 19.7 Å². The van der Waals surface area contributed by atoms with Gasteiger partial charge in [-0.05, 0) is 43.9 Å². The Morgan fingerprint density at radius 3 is 2.86 bits per heavy atom. The van der Waals surface area contributed by atoms with Crippen molar-refractivity contribution < 1.29 is 28.1 Å².